The molecule has 0 atom stereocenters. The third-order valence-electron chi connectivity index (χ3n) is 3.89. The molecule has 1 fully saturated rings. The summed E-state index contributed by atoms with van der Waals surface area (Å²) in [6.07, 6.45) is 5.46. The van der Waals surface area contributed by atoms with Crippen molar-refractivity contribution in [1.29, 1.82) is 0 Å². The fourth-order valence-electron chi connectivity index (χ4n) is 2.60. The predicted molar refractivity (Wildman–Crippen MR) is 78.9 cm³/mol. The Hall–Kier alpha value is -0.540. The first-order valence-electron chi connectivity index (χ1n) is 6.48. The molecule has 4 heteroatoms. The second-order valence-corrected chi connectivity index (χ2v) is 6.21. The molecule has 0 aliphatic heterocycles. The average molecular weight is 328 g/mol. The highest BCUT2D eigenvalue weighted by atomic mass is 79.9. The third kappa shape index (κ3) is 2.30. The van der Waals surface area contributed by atoms with Crippen LogP contribution in [0.4, 0.5) is 0 Å². The lowest BCUT2D eigenvalue weighted by molar-refractivity contribution is 0.282. The van der Waals surface area contributed by atoms with Crippen LogP contribution in [0.15, 0.2) is 22.7 Å². The van der Waals surface area contributed by atoms with Crippen LogP contribution in [0.3, 0.4) is 0 Å². The number of aryl methyl sites for hydroxylation is 1. The minimum atomic E-state index is 0.483. The van der Waals surface area contributed by atoms with Crippen molar-refractivity contribution in [1.82, 2.24) is 9.55 Å². The molecule has 0 radical (unpaired) electrons. The van der Waals surface area contributed by atoms with Gasteiger partial charge in [-0.25, -0.2) is 4.98 Å². The van der Waals surface area contributed by atoms with Crippen molar-refractivity contribution in [3.05, 3.63) is 28.5 Å². The van der Waals surface area contributed by atoms with Gasteiger partial charge < -0.3 is 4.57 Å². The number of imidazole rings is 1. The quantitative estimate of drug-likeness (QED) is 0.742. The van der Waals surface area contributed by atoms with E-state index in [0.717, 1.165) is 28.3 Å². The van der Waals surface area contributed by atoms with Crippen molar-refractivity contribution < 1.29 is 0 Å². The molecule has 3 rings (SSSR count). The highest BCUT2D eigenvalue weighted by molar-refractivity contribution is 9.10. The SMILES string of the molecule is ClCc1nc2cc(Br)ccc2n1CCC1CCC1. The Bertz CT molecular complexity index is 560. The van der Waals surface area contributed by atoms with Gasteiger partial charge in [0.15, 0.2) is 0 Å². The van der Waals surface area contributed by atoms with Crippen LogP contribution in [0, 0.1) is 5.92 Å². The molecule has 0 N–H and O–H groups in total. The summed E-state index contributed by atoms with van der Waals surface area (Å²) in [5.41, 5.74) is 2.24. The molecule has 0 bridgehead atoms. The fourth-order valence-corrected chi connectivity index (χ4v) is 3.15. The summed E-state index contributed by atoms with van der Waals surface area (Å²) in [5.74, 6) is 2.39. The predicted octanol–water partition coefficient (Wildman–Crippen LogP) is 4.73. The van der Waals surface area contributed by atoms with Crippen molar-refractivity contribution in [2.24, 2.45) is 5.92 Å². The largest absolute Gasteiger partial charge is 0.327 e. The molecule has 96 valence electrons. The lowest BCUT2D eigenvalue weighted by Gasteiger charge is -2.25. The van der Waals surface area contributed by atoms with Gasteiger partial charge in [-0.3, -0.25) is 0 Å². The topological polar surface area (TPSA) is 17.8 Å². The number of alkyl halides is 1. The maximum atomic E-state index is 6.01. The van der Waals surface area contributed by atoms with E-state index in [0.29, 0.717) is 5.88 Å². The Labute approximate surface area is 120 Å². The number of rotatable bonds is 4. The van der Waals surface area contributed by atoms with Crippen LogP contribution in [0.5, 0.6) is 0 Å². The minimum Gasteiger partial charge on any atom is -0.327 e. The third-order valence-corrected chi connectivity index (χ3v) is 4.63. The zero-order valence-electron chi connectivity index (χ0n) is 10.2. The first kappa shape index (κ1) is 12.5. The molecule has 1 aliphatic carbocycles. The van der Waals surface area contributed by atoms with Crippen LogP contribution < -0.4 is 0 Å². The van der Waals surface area contributed by atoms with Gasteiger partial charge in [0.05, 0.1) is 16.9 Å². The molecule has 2 nitrogen and oxygen atoms in total. The molecule has 0 amide bonds. The first-order chi connectivity index (χ1) is 8.78. The molecule has 1 saturated carbocycles. The van der Waals surface area contributed by atoms with Crippen molar-refractivity contribution >= 4 is 38.6 Å². The second-order valence-electron chi connectivity index (χ2n) is 5.03. The van der Waals surface area contributed by atoms with Gasteiger partial charge in [0.25, 0.3) is 0 Å². The highest BCUT2D eigenvalue weighted by Crippen LogP contribution is 2.31. The molecule has 2 aromatic rings. The van der Waals surface area contributed by atoms with Crippen LogP contribution in [-0.4, -0.2) is 9.55 Å². The molecule has 1 aromatic heterocycles. The van der Waals surface area contributed by atoms with Gasteiger partial charge in [-0.15, -0.1) is 11.6 Å². The maximum absolute atomic E-state index is 6.01. The average Bonchev–Trinajstić information content (AvgIpc) is 2.64. The van der Waals surface area contributed by atoms with E-state index in [1.165, 1.54) is 31.2 Å². The fraction of sp³-hybridized carbons (Fsp3) is 0.500. The molecule has 0 unspecified atom stereocenters. The minimum absolute atomic E-state index is 0.483. The van der Waals surface area contributed by atoms with Crippen molar-refractivity contribution in [2.75, 3.05) is 0 Å². The van der Waals surface area contributed by atoms with E-state index in [1.807, 2.05) is 0 Å². The van der Waals surface area contributed by atoms with Crippen molar-refractivity contribution in [2.45, 2.75) is 38.1 Å². The lowest BCUT2D eigenvalue weighted by atomic mass is 9.83. The monoisotopic (exact) mass is 326 g/mol. The molecule has 1 heterocycles. The van der Waals surface area contributed by atoms with E-state index < -0.39 is 0 Å². The lowest BCUT2D eigenvalue weighted by Crippen LogP contribution is -2.14. The Morgan fingerprint density at radius 2 is 2.22 bits per heavy atom. The summed E-state index contributed by atoms with van der Waals surface area (Å²) in [5, 5.41) is 0. The highest BCUT2D eigenvalue weighted by Gasteiger charge is 2.18. The number of hydrogen-bond donors (Lipinski definition) is 0. The molecule has 1 aromatic carbocycles. The Kier molecular flexibility index (Phi) is 3.62. The Morgan fingerprint density at radius 3 is 2.89 bits per heavy atom. The summed E-state index contributed by atoms with van der Waals surface area (Å²) in [6.45, 7) is 1.05. The Morgan fingerprint density at radius 1 is 1.39 bits per heavy atom. The van der Waals surface area contributed by atoms with Gasteiger partial charge in [-0.05, 0) is 30.5 Å². The van der Waals surface area contributed by atoms with E-state index >= 15 is 0 Å². The number of halogens is 2. The second kappa shape index (κ2) is 5.22. The van der Waals surface area contributed by atoms with Gasteiger partial charge >= 0.3 is 0 Å². The molecule has 18 heavy (non-hydrogen) atoms. The number of fused-ring (bicyclic) bond motifs is 1. The first-order valence-corrected chi connectivity index (χ1v) is 7.81. The van der Waals surface area contributed by atoms with Crippen LogP contribution >= 0.6 is 27.5 Å². The summed E-state index contributed by atoms with van der Waals surface area (Å²) in [7, 11) is 0. The zero-order valence-corrected chi connectivity index (χ0v) is 12.5. The summed E-state index contributed by atoms with van der Waals surface area (Å²) in [6, 6.07) is 6.26. The van der Waals surface area contributed by atoms with Crippen LogP contribution in [0.1, 0.15) is 31.5 Å². The normalized spacial score (nSPS) is 16.1. The molecule has 1 aliphatic rings. The van der Waals surface area contributed by atoms with Crippen molar-refractivity contribution in [3.8, 4) is 0 Å². The van der Waals surface area contributed by atoms with Gasteiger partial charge in [0.1, 0.15) is 5.82 Å². The van der Waals surface area contributed by atoms with Crippen LogP contribution in [-0.2, 0) is 12.4 Å². The van der Waals surface area contributed by atoms with E-state index in [1.54, 1.807) is 0 Å². The summed E-state index contributed by atoms with van der Waals surface area (Å²) < 4.78 is 3.35. The molecular formula is C14H16BrClN2. The van der Waals surface area contributed by atoms with Crippen LogP contribution in [0.2, 0.25) is 0 Å². The maximum Gasteiger partial charge on any atom is 0.124 e. The van der Waals surface area contributed by atoms with E-state index in [-0.39, 0.29) is 0 Å². The number of hydrogen-bond acceptors (Lipinski definition) is 1. The van der Waals surface area contributed by atoms with Crippen molar-refractivity contribution in [3.63, 3.8) is 0 Å². The molecule has 0 saturated heterocycles. The Balaban J connectivity index is 1.91. The zero-order chi connectivity index (χ0) is 12.5. The summed E-state index contributed by atoms with van der Waals surface area (Å²) in [4.78, 5) is 4.61. The number of benzene rings is 1. The van der Waals surface area contributed by atoms with Gasteiger partial charge in [0, 0.05) is 11.0 Å². The van der Waals surface area contributed by atoms with E-state index in [9.17, 15) is 0 Å². The number of aromatic nitrogens is 2. The summed E-state index contributed by atoms with van der Waals surface area (Å²) >= 11 is 9.50. The van der Waals surface area contributed by atoms with Gasteiger partial charge in [-0.1, -0.05) is 35.2 Å². The van der Waals surface area contributed by atoms with Gasteiger partial charge in [-0.2, -0.15) is 0 Å². The smallest absolute Gasteiger partial charge is 0.124 e. The van der Waals surface area contributed by atoms with Crippen LogP contribution in [0.25, 0.3) is 11.0 Å². The molecular weight excluding hydrogens is 312 g/mol. The number of nitrogens with zero attached hydrogens (tertiary/aromatic N) is 2. The van der Waals surface area contributed by atoms with E-state index in [2.05, 4.69) is 43.7 Å². The molecule has 0 spiro atoms. The standard InChI is InChI=1S/C14H16BrClN2/c15-11-4-5-13-12(8-11)17-14(9-16)18(13)7-6-10-2-1-3-10/h4-5,8,10H,1-3,6-7,9H2. The van der Waals surface area contributed by atoms with Gasteiger partial charge in [0.2, 0.25) is 0 Å². The van der Waals surface area contributed by atoms with E-state index in [4.69, 9.17) is 11.6 Å².